The predicted molar refractivity (Wildman–Crippen MR) is 131 cm³/mol. The molecule has 0 amide bonds. The van der Waals surface area contributed by atoms with Crippen LogP contribution in [0.25, 0.3) is 0 Å². The molecule has 1 N–H and O–H groups in total. The molecule has 0 radical (unpaired) electrons. The van der Waals surface area contributed by atoms with E-state index in [0.29, 0.717) is 38.4 Å². The van der Waals surface area contributed by atoms with Gasteiger partial charge in [-0.2, -0.15) is 0 Å². The molecular formula is C30H52O. The van der Waals surface area contributed by atoms with Gasteiger partial charge in [-0.25, -0.2) is 0 Å². The maximum atomic E-state index is 10.7. The molecule has 0 aromatic carbocycles. The Bertz CT molecular complexity index is 741. The minimum absolute atomic E-state index is 0.0781. The number of fused-ring (bicyclic) bond motifs is 7. The van der Waals surface area contributed by atoms with E-state index in [0.717, 1.165) is 24.2 Å². The average molecular weight is 429 g/mol. The molecule has 5 fully saturated rings. The maximum absolute atomic E-state index is 10.7. The average Bonchev–Trinajstić information content (AvgIpc) is 2.69. The smallest absolute Gasteiger partial charge is 0.0571 e. The molecule has 0 saturated heterocycles. The minimum atomic E-state index is -0.0781. The van der Waals surface area contributed by atoms with Gasteiger partial charge in [0.2, 0.25) is 0 Å². The second-order valence-corrected chi connectivity index (χ2v) is 15.5. The predicted octanol–water partition coefficient (Wildman–Crippen LogP) is 8.25. The fraction of sp³-hybridized carbons (Fsp3) is 1.00. The number of hydrogen-bond donors (Lipinski definition) is 1. The van der Waals surface area contributed by atoms with Gasteiger partial charge in [-0.3, -0.25) is 0 Å². The lowest BCUT2D eigenvalue weighted by molar-refractivity contribution is -0.263. The van der Waals surface area contributed by atoms with Crippen molar-refractivity contribution >= 4 is 0 Å². The van der Waals surface area contributed by atoms with Crippen molar-refractivity contribution < 1.29 is 5.11 Å². The van der Waals surface area contributed by atoms with Crippen molar-refractivity contribution in [1.29, 1.82) is 0 Å². The molecule has 5 saturated carbocycles. The molecule has 178 valence electrons. The topological polar surface area (TPSA) is 20.2 Å². The molecule has 5 aliphatic rings. The molecule has 0 aromatic rings. The fourth-order valence-electron chi connectivity index (χ4n) is 11.4. The van der Waals surface area contributed by atoms with Crippen molar-refractivity contribution in [2.24, 2.45) is 56.2 Å². The molecule has 31 heavy (non-hydrogen) atoms. The second-order valence-electron chi connectivity index (χ2n) is 15.5. The highest BCUT2D eigenvalue weighted by atomic mass is 16.3. The fourth-order valence-corrected chi connectivity index (χ4v) is 11.4. The Balaban J connectivity index is 1.54. The highest BCUT2D eigenvalue weighted by molar-refractivity contribution is 5.19. The van der Waals surface area contributed by atoms with Gasteiger partial charge in [0.1, 0.15) is 0 Å². The van der Waals surface area contributed by atoms with Gasteiger partial charge in [0.15, 0.2) is 0 Å². The summed E-state index contributed by atoms with van der Waals surface area (Å²) in [6.45, 7) is 20.9. The van der Waals surface area contributed by atoms with Gasteiger partial charge in [-0.05, 0) is 127 Å². The molecule has 0 unspecified atom stereocenters. The zero-order chi connectivity index (χ0) is 22.7. The van der Waals surface area contributed by atoms with E-state index >= 15 is 0 Å². The van der Waals surface area contributed by atoms with Crippen molar-refractivity contribution in [1.82, 2.24) is 0 Å². The van der Waals surface area contributed by atoms with Crippen LogP contribution in [0.2, 0.25) is 0 Å². The summed E-state index contributed by atoms with van der Waals surface area (Å²) in [7, 11) is 0. The van der Waals surface area contributed by atoms with Crippen LogP contribution in [0.4, 0.5) is 0 Å². The van der Waals surface area contributed by atoms with Crippen molar-refractivity contribution in [3.05, 3.63) is 0 Å². The van der Waals surface area contributed by atoms with Gasteiger partial charge in [0.05, 0.1) is 6.10 Å². The van der Waals surface area contributed by atoms with E-state index in [1.807, 2.05) is 0 Å². The lowest BCUT2D eigenvalue weighted by Crippen LogP contribution is -2.67. The summed E-state index contributed by atoms with van der Waals surface area (Å²) in [4.78, 5) is 0. The molecule has 0 heterocycles. The lowest BCUT2D eigenvalue weighted by atomic mass is 9.30. The van der Waals surface area contributed by atoms with Crippen LogP contribution in [0.1, 0.15) is 126 Å². The van der Waals surface area contributed by atoms with E-state index in [-0.39, 0.29) is 6.10 Å². The molecule has 10 atom stereocenters. The summed E-state index contributed by atoms with van der Waals surface area (Å²) in [6.07, 6.45) is 15.1. The first-order valence-corrected chi connectivity index (χ1v) is 13.9. The van der Waals surface area contributed by atoms with E-state index < -0.39 is 0 Å². The number of rotatable bonds is 0. The summed E-state index contributed by atoms with van der Waals surface area (Å²) in [6, 6.07) is 0. The molecule has 5 aliphatic carbocycles. The van der Waals surface area contributed by atoms with Crippen molar-refractivity contribution in [3.63, 3.8) is 0 Å². The van der Waals surface area contributed by atoms with E-state index in [1.165, 1.54) is 64.2 Å². The second kappa shape index (κ2) is 6.55. The third kappa shape index (κ3) is 2.77. The summed E-state index contributed by atoms with van der Waals surface area (Å²) >= 11 is 0. The van der Waals surface area contributed by atoms with Crippen LogP contribution >= 0.6 is 0 Å². The van der Waals surface area contributed by atoms with E-state index in [2.05, 4.69) is 55.4 Å². The van der Waals surface area contributed by atoms with Crippen molar-refractivity contribution in [2.45, 2.75) is 132 Å². The Morgan fingerprint density at radius 2 is 1.19 bits per heavy atom. The van der Waals surface area contributed by atoms with Crippen molar-refractivity contribution in [2.75, 3.05) is 0 Å². The highest BCUT2D eigenvalue weighted by Gasteiger charge is 2.70. The van der Waals surface area contributed by atoms with Crippen molar-refractivity contribution in [3.8, 4) is 0 Å². The maximum Gasteiger partial charge on any atom is 0.0571 e. The lowest BCUT2D eigenvalue weighted by Gasteiger charge is -2.75. The Morgan fingerprint density at radius 3 is 1.90 bits per heavy atom. The summed E-state index contributed by atoms with van der Waals surface area (Å²) in [5, 5.41) is 10.7. The normalized spacial score (nSPS) is 60.9. The molecule has 0 aromatic heterocycles. The highest BCUT2D eigenvalue weighted by Crippen LogP contribution is 2.78. The molecule has 0 aliphatic heterocycles. The quantitative estimate of drug-likeness (QED) is 0.412. The number of hydrogen-bond acceptors (Lipinski definition) is 1. The van der Waals surface area contributed by atoms with Gasteiger partial charge < -0.3 is 5.11 Å². The minimum Gasteiger partial charge on any atom is -0.393 e. The molecule has 0 bridgehead atoms. The molecule has 5 rings (SSSR count). The van der Waals surface area contributed by atoms with Crippen LogP contribution < -0.4 is 0 Å². The molecular weight excluding hydrogens is 376 g/mol. The standard InChI is InChI=1S/C30H52O/c1-20-21(31)9-10-22-27(20,5)12-11-23-28(22,6)16-18-30(8)24-19-25(2,3)13-14-26(24,4)15-17-29(23,30)7/h20-24,31H,9-19H2,1-8H3/t20-,21+,22+,23-,24+,26-,27-,28+,29-,30+/m0/s1. The summed E-state index contributed by atoms with van der Waals surface area (Å²) < 4.78 is 0. The summed E-state index contributed by atoms with van der Waals surface area (Å²) in [5.74, 6) is 3.02. The van der Waals surface area contributed by atoms with Gasteiger partial charge in [0, 0.05) is 0 Å². The first-order chi connectivity index (χ1) is 14.2. The van der Waals surface area contributed by atoms with Crippen LogP contribution in [0, 0.1) is 56.2 Å². The van der Waals surface area contributed by atoms with E-state index in [4.69, 9.17) is 0 Å². The number of aliphatic hydroxyl groups is 1. The van der Waals surface area contributed by atoms with E-state index in [9.17, 15) is 5.11 Å². The Hall–Kier alpha value is -0.0400. The van der Waals surface area contributed by atoms with Crippen LogP contribution in [-0.2, 0) is 0 Å². The first-order valence-electron chi connectivity index (χ1n) is 13.9. The first kappa shape index (κ1) is 22.7. The molecule has 0 spiro atoms. The SMILES string of the molecule is C[C@H]1[C@H](O)CC[C@@H]2[C@@]1(C)CC[C@H]1[C@]2(C)CC[C@]2(C)[C@@H]3CC(C)(C)CC[C@@]3(C)CC[C@@]12C. The number of aliphatic hydroxyl groups excluding tert-OH is 1. The summed E-state index contributed by atoms with van der Waals surface area (Å²) in [5.41, 5.74) is 2.88. The van der Waals surface area contributed by atoms with Gasteiger partial charge in [-0.1, -0.05) is 55.4 Å². The molecule has 1 heteroatoms. The van der Waals surface area contributed by atoms with Gasteiger partial charge in [-0.15, -0.1) is 0 Å². The van der Waals surface area contributed by atoms with Gasteiger partial charge in [0.25, 0.3) is 0 Å². The van der Waals surface area contributed by atoms with Crippen LogP contribution in [0.3, 0.4) is 0 Å². The largest absolute Gasteiger partial charge is 0.393 e. The Morgan fingerprint density at radius 1 is 0.581 bits per heavy atom. The van der Waals surface area contributed by atoms with E-state index in [1.54, 1.807) is 0 Å². The zero-order valence-electron chi connectivity index (χ0n) is 22.1. The third-order valence-corrected chi connectivity index (χ3v) is 13.9. The van der Waals surface area contributed by atoms with Crippen LogP contribution in [0.5, 0.6) is 0 Å². The Kier molecular flexibility index (Phi) is 4.80. The van der Waals surface area contributed by atoms with Gasteiger partial charge >= 0.3 is 0 Å². The molecule has 1 nitrogen and oxygen atoms in total. The van der Waals surface area contributed by atoms with Crippen LogP contribution in [0.15, 0.2) is 0 Å². The van der Waals surface area contributed by atoms with Crippen LogP contribution in [-0.4, -0.2) is 11.2 Å². The Labute approximate surface area is 193 Å². The zero-order valence-corrected chi connectivity index (χ0v) is 22.1. The third-order valence-electron chi connectivity index (χ3n) is 13.9. The monoisotopic (exact) mass is 428 g/mol.